The predicted octanol–water partition coefficient (Wildman–Crippen LogP) is 3.83. The summed E-state index contributed by atoms with van der Waals surface area (Å²) in [4.78, 5) is 2.09. The van der Waals surface area contributed by atoms with E-state index in [9.17, 15) is 0 Å². The smallest absolute Gasteiger partial charge is 0.121 e. The van der Waals surface area contributed by atoms with Crippen LogP contribution in [0.4, 0.5) is 5.69 Å². The molecule has 1 aliphatic rings. The van der Waals surface area contributed by atoms with E-state index >= 15 is 0 Å². The molecule has 0 saturated carbocycles. The van der Waals surface area contributed by atoms with Crippen molar-refractivity contribution in [1.29, 1.82) is 5.41 Å². The summed E-state index contributed by atoms with van der Waals surface area (Å²) in [6.45, 7) is 5.15. The first kappa shape index (κ1) is 12.9. The Kier molecular flexibility index (Phi) is 4.24. The number of ether oxygens (including phenoxy) is 1. The van der Waals surface area contributed by atoms with Gasteiger partial charge in [-0.25, -0.2) is 0 Å². The molecule has 1 aromatic carbocycles. The number of rotatable bonds is 4. The first-order valence-electron chi connectivity index (χ1n) is 6.82. The Morgan fingerprint density at radius 1 is 1.39 bits per heavy atom. The first-order chi connectivity index (χ1) is 8.70. The van der Waals surface area contributed by atoms with Crippen molar-refractivity contribution >= 4 is 11.5 Å². The molecule has 0 amide bonds. The molecule has 3 nitrogen and oxygen atoms in total. The Hall–Kier alpha value is -1.51. The molecule has 2 rings (SSSR count). The van der Waals surface area contributed by atoms with E-state index in [1.807, 2.05) is 18.2 Å². The van der Waals surface area contributed by atoms with Gasteiger partial charge < -0.3 is 9.64 Å². The van der Waals surface area contributed by atoms with Crippen molar-refractivity contribution < 1.29 is 4.74 Å². The van der Waals surface area contributed by atoms with Gasteiger partial charge in [-0.2, -0.15) is 0 Å². The summed E-state index contributed by atoms with van der Waals surface area (Å²) in [6.07, 6.45) is 4.43. The van der Waals surface area contributed by atoms with Gasteiger partial charge >= 0.3 is 0 Å². The first-order valence-corrected chi connectivity index (χ1v) is 6.82. The van der Waals surface area contributed by atoms with Crippen molar-refractivity contribution in [2.45, 2.75) is 45.6 Å². The van der Waals surface area contributed by atoms with Crippen LogP contribution in [0, 0.1) is 5.41 Å². The average molecular weight is 246 g/mol. The molecule has 1 aromatic rings. The molecule has 0 radical (unpaired) electrons. The summed E-state index contributed by atoms with van der Waals surface area (Å²) in [5.41, 5.74) is 1.08. The minimum atomic E-state index is 0.237. The second kappa shape index (κ2) is 5.89. The van der Waals surface area contributed by atoms with Crippen molar-refractivity contribution in [1.82, 2.24) is 0 Å². The van der Waals surface area contributed by atoms with Crippen molar-refractivity contribution in [2.24, 2.45) is 0 Å². The van der Waals surface area contributed by atoms with E-state index in [2.05, 4.69) is 24.8 Å². The number of nitrogens with zero attached hydrogens (tertiary/aromatic N) is 1. The Morgan fingerprint density at radius 3 is 2.94 bits per heavy atom. The second-order valence-electron chi connectivity index (χ2n) is 4.89. The standard InChI is InChI=1S/C15H22N2O/c1-3-12(2)18-14-8-6-7-13(11-14)17-10-5-4-9-15(17)16/h6-8,11-12,16H,3-5,9-10H2,1-2H3. The maximum Gasteiger partial charge on any atom is 0.121 e. The van der Waals surface area contributed by atoms with Gasteiger partial charge in [0.15, 0.2) is 0 Å². The fraction of sp³-hybridized carbons (Fsp3) is 0.533. The van der Waals surface area contributed by atoms with Crippen LogP contribution >= 0.6 is 0 Å². The van der Waals surface area contributed by atoms with E-state index in [-0.39, 0.29) is 6.10 Å². The molecule has 1 N–H and O–H groups in total. The summed E-state index contributed by atoms with van der Waals surface area (Å²) in [6, 6.07) is 8.10. The summed E-state index contributed by atoms with van der Waals surface area (Å²) in [5, 5.41) is 8.02. The molecule has 1 heterocycles. The highest BCUT2D eigenvalue weighted by Crippen LogP contribution is 2.25. The summed E-state index contributed by atoms with van der Waals surface area (Å²) >= 11 is 0. The van der Waals surface area contributed by atoms with E-state index in [0.29, 0.717) is 0 Å². The van der Waals surface area contributed by atoms with E-state index in [1.165, 1.54) is 6.42 Å². The third kappa shape index (κ3) is 3.03. The summed E-state index contributed by atoms with van der Waals surface area (Å²) < 4.78 is 5.83. The number of piperidine rings is 1. The Bertz CT molecular complexity index is 417. The topological polar surface area (TPSA) is 36.3 Å². The van der Waals surface area contributed by atoms with Gasteiger partial charge in [0.1, 0.15) is 11.6 Å². The fourth-order valence-electron chi connectivity index (χ4n) is 2.16. The monoisotopic (exact) mass is 246 g/mol. The molecular weight excluding hydrogens is 224 g/mol. The molecule has 0 spiro atoms. The van der Waals surface area contributed by atoms with Crippen LogP contribution in [-0.4, -0.2) is 18.5 Å². The zero-order valence-corrected chi connectivity index (χ0v) is 11.3. The van der Waals surface area contributed by atoms with E-state index < -0.39 is 0 Å². The minimum absolute atomic E-state index is 0.237. The molecule has 0 bridgehead atoms. The Labute approximate surface area is 109 Å². The maximum absolute atomic E-state index is 8.02. The highest BCUT2D eigenvalue weighted by Gasteiger charge is 2.16. The molecule has 1 saturated heterocycles. The third-order valence-corrected chi connectivity index (χ3v) is 3.41. The Morgan fingerprint density at radius 2 is 2.22 bits per heavy atom. The summed E-state index contributed by atoms with van der Waals surface area (Å²) in [7, 11) is 0. The van der Waals surface area contributed by atoms with Crippen molar-refractivity contribution in [2.75, 3.05) is 11.4 Å². The molecule has 18 heavy (non-hydrogen) atoms. The zero-order chi connectivity index (χ0) is 13.0. The van der Waals surface area contributed by atoms with Crippen LogP contribution in [0.25, 0.3) is 0 Å². The minimum Gasteiger partial charge on any atom is -0.491 e. The summed E-state index contributed by atoms with van der Waals surface area (Å²) in [5.74, 6) is 1.63. The van der Waals surface area contributed by atoms with Gasteiger partial charge in [-0.15, -0.1) is 0 Å². The number of hydrogen-bond acceptors (Lipinski definition) is 2. The Balaban J connectivity index is 2.13. The molecule has 0 aliphatic carbocycles. The lowest BCUT2D eigenvalue weighted by Gasteiger charge is -2.29. The number of benzene rings is 1. The number of hydrogen-bond donors (Lipinski definition) is 1. The normalized spacial score (nSPS) is 17.7. The molecule has 3 heteroatoms. The van der Waals surface area contributed by atoms with Crippen LogP contribution in [0.15, 0.2) is 24.3 Å². The molecular formula is C15H22N2O. The average Bonchev–Trinajstić information content (AvgIpc) is 2.39. The molecule has 0 aromatic heterocycles. The van der Waals surface area contributed by atoms with Crippen LogP contribution in [0.3, 0.4) is 0 Å². The number of nitrogens with one attached hydrogen (secondary N) is 1. The van der Waals surface area contributed by atoms with Crippen LogP contribution in [0.1, 0.15) is 39.5 Å². The van der Waals surface area contributed by atoms with Crippen LogP contribution in [0.2, 0.25) is 0 Å². The van der Waals surface area contributed by atoms with E-state index in [1.54, 1.807) is 0 Å². The lowest BCUT2D eigenvalue weighted by Crippen LogP contribution is -2.34. The number of anilines is 1. The fourth-order valence-corrected chi connectivity index (χ4v) is 2.16. The van der Waals surface area contributed by atoms with Gasteiger partial charge in [0.2, 0.25) is 0 Å². The van der Waals surface area contributed by atoms with Gasteiger partial charge in [0.25, 0.3) is 0 Å². The second-order valence-corrected chi connectivity index (χ2v) is 4.89. The van der Waals surface area contributed by atoms with Crippen LogP contribution in [-0.2, 0) is 0 Å². The molecule has 98 valence electrons. The largest absolute Gasteiger partial charge is 0.491 e. The van der Waals surface area contributed by atoms with Crippen LogP contribution in [0.5, 0.6) is 5.75 Å². The zero-order valence-electron chi connectivity index (χ0n) is 11.3. The van der Waals surface area contributed by atoms with E-state index in [0.717, 1.165) is 43.1 Å². The van der Waals surface area contributed by atoms with Crippen molar-refractivity contribution in [3.05, 3.63) is 24.3 Å². The van der Waals surface area contributed by atoms with Gasteiger partial charge in [-0.3, -0.25) is 5.41 Å². The van der Waals surface area contributed by atoms with Gasteiger partial charge in [0, 0.05) is 24.7 Å². The lowest BCUT2D eigenvalue weighted by molar-refractivity contribution is 0.217. The maximum atomic E-state index is 8.02. The third-order valence-electron chi connectivity index (χ3n) is 3.41. The lowest BCUT2D eigenvalue weighted by atomic mass is 10.1. The SMILES string of the molecule is CCC(C)Oc1cccc(N2CCCCC2=N)c1. The van der Waals surface area contributed by atoms with Crippen LogP contribution < -0.4 is 9.64 Å². The van der Waals surface area contributed by atoms with Crippen molar-refractivity contribution in [3.63, 3.8) is 0 Å². The molecule has 1 aliphatic heterocycles. The molecule has 1 fully saturated rings. The highest BCUT2D eigenvalue weighted by atomic mass is 16.5. The van der Waals surface area contributed by atoms with Crippen molar-refractivity contribution in [3.8, 4) is 5.75 Å². The predicted molar refractivity (Wildman–Crippen MR) is 75.7 cm³/mol. The molecule has 1 atom stereocenters. The van der Waals surface area contributed by atoms with Gasteiger partial charge in [-0.1, -0.05) is 13.0 Å². The van der Waals surface area contributed by atoms with Gasteiger partial charge in [-0.05, 0) is 38.3 Å². The van der Waals surface area contributed by atoms with Gasteiger partial charge in [0.05, 0.1) is 6.10 Å². The quantitative estimate of drug-likeness (QED) is 0.876. The van der Waals surface area contributed by atoms with E-state index in [4.69, 9.17) is 10.1 Å². The number of amidine groups is 1. The molecule has 1 unspecified atom stereocenters. The highest BCUT2D eigenvalue weighted by molar-refractivity contribution is 5.96.